The second kappa shape index (κ2) is 6.41. The topological polar surface area (TPSA) is 74.1 Å². The zero-order valence-electron chi connectivity index (χ0n) is 10.2. The molecule has 5 nitrogen and oxygen atoms in total. The summed E-state index contributed by atoms with van der Waals surface area (Å²) in [7, 11) is 0. The third-order valence-electron chi connectivity index (χ3n) is 2.58. The monoisotopic (exact) mass is 313 g/mol. The number of hydrogen-bond acceptors (Lipinski definition) is 7. The van der Waals surface area contributed by atoms with Gasteiger partial charge in [-0.2, -0.15) is 5.26 Å². The van der Waals surface area contributed by atoms with Crippen molar-refractivity contribution < 1.29 is 9.59 Å². The van der Waals surface area contributed by atoms with Crippen LogP contribution in [-0.4, -0.2) is 28.3 Å². The van der Waals surface area contributed by atoms with Gasteiger partial charge in [0.15, 0.2) is 10.2 Å². The Kier molecular flexibility index (Phi) is 4.85. The molecular weight excluding hydrogens is 302 g/mol. The maximum Gasteiger partial charge on any atom is 0.229 e. The molecule has 2 rings (SSSR count). The van der Waals surface area contributed by atoms with Gasteiger partial charge in [-0.05, 0) is 5.92 Å². The summed E-state index contributed by atoms with van der Waals surface area (Å²) in [4.78, 5) is 28.7. The average molecular weight is 313 g/mol. The Bertz CT molecular complexity index is 538. The number of carbonyl (C=O) groups excluding carboxylic acids is 2. The zero-order valence-corrected chi connectivity index (χ0v) is 12.6. The first kappa shape index (κ1) is 14.4. The molecule has 1 unspecified atom stereocenters. The van der Waals surface area contributed by atoms with E-state index in [-0.39, 0.29) is 16.9 Å². The summed E-state index contributed by atoms with van der Waals surface area (Å²) in [6, 6.07) is 0. The quantitative estimate of drug-likeness (QED) is 0.627. The number of nitriles is 1. The van der Waals surface area contributed by atoms with Gasteiger partial charge in [0.2, 0.25) is 5.91 Å². The molecule has 2 heterocycles. The lowest BCUT2D eigenvalue weighted by Crippen LogP contribution is -2.24. The second-order valence-electron chi connectivity index (χ2n) is 4.03. The lowest BCUT2D eigenvalue weighted by molar-refractivity contribution is -0.117. The Labute approximate surface area is 123 Å². The van der Waals surface area contributed by atoms with Crippen LogP contribution in [-0.2, 0) is 9.59 Å². The van der Waals surface area contributed by atoms with Crippen molar-refractivity contribution in [1.82, 2.24) is 4.98 Å². The van der Waals surface area contributed by atoms with Gasteiger partial charge >= 0.3 is 0 Å². The minimum atomic E-state index is 0.0389. The molecule has 1 aromatic rings. The van der Waals surface area contributed by atoms with Gasteiger partial charge in [-0.1, -0.05) is 23.1 Å². The molecule has 100 valence electrons. The molecule has 0 saturated carbocycles. The third kappa shape index (κ3) is 3.72. The fraction of sp³-hybridized carbons (Fsp3) is 0.455. The predicted octanol–water partition coefficient (Wildman–Crippen LogP) is 2.35. The van der Waals surface area contributed by atoms with E-state index in [1.165, 1.54) is 30.0 Å². The number of anilines is 1. The van der Waals surface area contributed by atoms with E-state index in [0.29, 0.717) is 23.8 Å². The summed E-state index contributed by atoms with van der Waals surface area (Å²) >= 11 is 3.65. The first-order chi connectivity index (χ1) is 9.10. The van der Waals surface area contributed by atoms with Crippen LogP contribution >= 0.6 is 34.9 Å². The van der Waals surface area contributed by atoms with E-state index in [1.807, 2.05) is 5.40 Å². The fourth-order valence-corrected chi connectivity index (χ4v) is 3.85. The lowest BCUT2D eigenvalue weighted by Gasteiger charge is -2.12. The van der Waals surface area contributed by atoms with Crippen LogP contribution in [0.15, 0.2) is 10.4 Å². The molecule has 0 aromatic carbocycles. The van der Waals surface area contributed by atoms with Crippen LogP contribution in [0.5, 0.6) is 0 Å². The Hall–Kier alpha value is -1.04. The summed E-state index contributed by atoms with van der Waals surface area (Å²) in [5, 5.41) is 11.3. The minimum Gasteiger partial charge on any atom is -0.288 e. The molecule has 1 fully saturated rings. The molecule has 8 heteroatoms. The van der Waals surface area contributed by atoms with Crippen molar-refractivity contribution in [3.63, 3.8) is 0 Å². The number of aromatic nitrogens is 1. The molecule has 1 aliphatic rings. The van der Waals surface area contributed by atoms with Gasteiger partial charge < -0.3 is 0 Å². The summed E-state index contributed by atoms with van der Waals surface area (Å²) in [5.74, 6) is 0.900. The first-order valence-electron chi connectivity index (χ1n) is 5.55. The van der Waals surface area contributed by atoms with Crippen LogP contribution < -0.4 is 4.90 Å². The van der Waals surface area contributed by atoms with E-state index in [1.54, 1.807) is 11.1 Å². The third-order valence-corrected chi connectivity index (χ3v) is 5.33. The number of thiocyanates is 1. The van der Waals surface area contributed by atoms with Crippen molar-refractivity contribution in [3.8, 4) is 5.40 Å². The molecule has 0 N–H and O–H groups in total. The van der Waals surface area contributed by atoms with Gasteiger partial charge in [0.25, 0.3) is 0 Å². The van der Waals surface area contributed by atoms with Gasteiger partial charge in [0, 0.05) is 37.4 Å². The minimum absolute atomic E-state index is 0.0389. The van der Waals surface area contributed by atoms with Crippen molar-refractivity contribution in [2.75, 3.05) is 17.2 Å². The molecule has 0 bridgehead atoms. The molecule has 0 aliphatic carbocycles. The molecule has 1 amide bonds. The summed E-state index contributed by atoms with van der Waals surface area (Å²) < 4.78 is 0.784. The highest BCUT2D eigenvalue weighted by Gasteiger charge is 2.32. The average Bonchev–Trinajstić information content (AvgIpc) is 2.94. The predicted molar refractivity (Wildman–Crippen MR) is 77.2 cm³/mol. The van der Waals surface area contributed by atoms with Crippen LogP contribution in [0.4, 0.5) is 5.13 Å². The van der Waals surface area contributed by atoms with Gasteiger partial charge in [-0.3, -0.25) is 14.5 Å². The van der Waals surface area contributed by atoms with Crippen LogP contribution in [0.3, 0.4) is 0 Å². The number of thiazole rings is 1. The van der Waals surface area contributed by atoms with E-state index in [9.17, 15) is 9.59 Å². The maximum atomic E-state index is 11.9. The SMILES string of the molecule is CC(=O)SCC1CC(=O)N(c2ncc(SC#N)s2)C1. The number of hydrogen-bond donors (Lipinski definition) is 0. The smallest absolute Gasteiger partial charge is 0.229 e. The van der Waals surface area contributed by atoms with Crippen molar-refractivity contribution in [2.45, 2.75) is 17.6 Å². The lowest BCUT2D eigenvalue weighted by atomic mass is 10.1. The normalized spacial score (nSPS) is 18.6. The molecule has 0 radical (unpaired) electrons. The van der Waals surface area contributed by atoms with E-state index < -0.39 is 0 Å². The number of nitrogens with zero attached hydrogens (tertiary/aromatic N) is 3. The number of thioether (sulfide) groups is 2. The largest absolute Gasteiger partial charge is 0.288 e. The van der Waals surface area contributed by atoms with Crippen molar-refractivity contribution in [2.24, 2.45) is 5.92 Å². The van der Waals surface area contributed by atoms with Crippen LogP contribution in [0.2, 0.25) is 0 Å². The van der Waals surface area contributed by atoms with Gasteiger partial charge in [0.05, 0.1) is 10.4 Å². The Balaban J connectivity index is 1.99. The summed E-state index contributed by atoms with van der Waals surface area (Å²) in [6.07, 6.45) is 2.07. The maximum absolute atomic E-state index is 11.9. The first-order valence-corrected chi connectivity index (χ1v) is 8.17. The second-order valence-corrected chi connectivity index (χ2v) is 7.32. The van der Waals surface area contributed by atoms with E-state index in [2.05, 4.69) is 4.98 Å². The molecule has 1 saturated heterocycles. The van der Waals surface area contributed by atoms with Crippen molar-refractivity contribution in [3.05, 3.63) is 6.20 Å². The van der Waals surface area contributed by atoms with Gasteiger partial charge in [-0.25, -0.2) is 4.98 Å². The summed E-state index contributed by atoms with van der Waals surface area (Å²) in [5.41, 5.74) is 0. The van der Waals surface area contributed by atoms with E-state index in [0.717, 1.165) is 16.0 Å². The van der Waals surface area contributed by atoms with Crippen LogP contribution in [0.1, 0.15) is 13.3 Å². The van der Waals surface area contributed by atoms with Crippen LogP contribution in [0, 0.1) is 16.6 Å². The molecule has 1 atom stereocenters. The highest BCUT2D eigenvalue weighted by molar-refractivity contribution is 8.13. The highest BCUT2D eigenvalue weighted by atomic mass is 32.2. The molecule has 1 aliphatic heterocycles. The molecular formula is C11H11N3O2S3. The van der Waals surface area contributed by atoms with Gasteiger partial charge in [-0.15, -0.1) is 0 Å². The summed E-state index contributed by atoms with van der Waals surface area (Å²) in [6.45, 7) is 2.13. The Morgan fingerprint density at radius 2 is 2.53 bits per heavy atom. The van der Waals surface area contributed by atoms with Gasteiger partial charge in [0.1, 0.15) is 5.40 Å². The highest BCUT2D eigenvalue weighted by Crippen LogP contribution is 2.33. The fourth-order valence-electron chi connectivity index (χ4n) is 1.78. The Morgan fingerprint density at radius 1 is 1.74 bits per heavy atom. The molecule has 0 spiro atoms. The standard InChI is InChI=1S/C11H11N3O2S3/c1-7(15)17-5-8-2-9(16)14(4-8)11-13-3-10(19-11)18-6-12/h3,8H,2,4-5H2,1H3. The van der Waals surface area contributed by atoms with Crippen LogP contribution in [0.25, 0.3) is 0 Å². The number of rotatable bonds is 4. The zero-order chi connectivity index (χ0) is 13.8. The molecule has 1 aromatic heterocycles. The van der Waals surface area contributed by atoms with Crippen molar-refractivity contribution >= 4 is 51.0 Å². The van der Waals surface area contributed by atoms with E-state index in [4.69, 9.17) is 5.26 Å². The van der Waals surface area contributed by atoms with E-state index >= 15 is 0 Å². The Morgan fingerprint density at radius 3 is 3.21 bits per heavy atom. The van der Waals surface area contributed by atoms with Crippen molar-refractivity contribution in [1.29, 1.82) is 5.26 Å². The number of amides is 1. The number of carbonyl (C=O) groups is 2. The molecule has 19 heavy (non-hydrogen) atoms.